The maximum Gasteiger partial charge on any atom is 0.117 e. The Labute approximate surface area is 85.1 Å². The Hall–Kier alpha value is -0.800. The highest BCUT2D eigenvalue weighted by Gasteiger charge is 2.24. The monoisotopic (exact) mass is 194 g/mol. The number of hydrogen-bond acceptors (Lipinski definition) is 3. The zero-order valence-corrected chi connectivity index (χ0v) is 8.70. The molecule has 1 aliphatic heterocycles. The molecule has 1 N–H and O–H groups in total. The molecular weight excluding hydrogens is 176 g/mol. The quantitative estimate of drug-likeness (QED) is 0.769. The predicted octanol–water partition coefficient (Wildman–Crippen LogP) is 1.46. The third-order valence-electron chi connectivity index (χ3n) is 2.73. The van der Waals surface area contributed by atoms with Crippen LogP contribution in [0.1, 0.15) is 19.1 Å². The molecule has 0 saturated carbocycles. The van der Waals surface area contributed by atoms with Gasteiger partial charge in [0.05, 0.1) is 12.8 Å². The Kier molecular flexibility index (Phi) is 3.22. The van der Waals surface area contributed by atoms with E-state index in [1.807, 2.05) is 6.07 Å². The lowest BCUT2D eigenvalue weighted by molar-refractivity contribution is 0.128. The van der Waals surface area contributed by atoms with E-state index in [4.69, 9.17) is 4.42 Å². The average molecular weight is 194 g/mol. The molecule has 1 aromatic heterocycles. The van der Waals surface area contributed by atoms with E-state index < -0.39 is 0 Å². The third-order valence-corrected chi connectivity index (χ3v) is 2.73. The van der Waals surface area contributed by atoms with Crippen LogP contribution in [0.3, 0.4) is 0 Å². The smallest absolute Gasteiger partial charge is 0.117 e. The van der Waals surface area contributed by atoms with E-state index in [2.05, 4.69) is 23.2 Å². The van der Waals surface area contributed by atoms with Crippen molar-refractivity contribution >= 4 is 0 Å². The number of nitrogens with zero attached hydrogens (tertiary/aromatic N) is 1. The fourth-order valence-electron chi connectivity index (χ4n) is 1.81. The Morgan fingerprint density at radius 2 is 2.43 bits per heavy atom. The van der Waals surface area contributed by atoms with Gasteiger partial charge in [-0.2, -0.15) is 0 Å². The van der Waals surface area contributed by atoms with E-state index in [0.717, 1.165) is 31.9 Å². The van der Waals surface area contributed by atoms with E-state index in [1.165, 1.54) is 6.42 Å². The van der Waals surface area contributed by atoms with Crippen molar-refractivity contribution < 1.29 is 4.42 Å². The summed E-state index contributed by atoms with van der Waals surface area (Å²) in [6.45, 7) is 6.59. The Morgan fingerprint density at radius 1 is 1.57 bits per heavy atom. The third kappa shape index (κ3) is 2.16. The summed E-state index contributed by atoms with van der Waals surface area (Å²) in [5.41, 5.74) is 0. The van der Waals surface area contributed by atoms with Crippen LogP contribution < -0.4 is 5.32 Å². The molecular formula is C11H18N2O. The fourth-order valence-corrected chi connectivity index (χ4v) is 1.81. The molecule has 1 aromatic rings. The molecule has 2 heterocycles. The topological polar surface area (TPSA) is 28.4 Å². The van der Waals surface area contributed by atoms with Crippen molar-refractivity contribution in [2.75, 3.05) is 19.6 Å². The van der Waals surface area contributed by atoms with Gasteiger partial charge in [-0.05, 0) is 25.1 Å². The molecule has 3 heteroatoms. The minimum atomic E-state index is 0.708. The maximum atomic E-state index is 5.37. The van der Waals surface area contributed by atoms with Gasteiger partial charge >= 0.3 is 0 Å². The number of hydrogen-bond donors (Lipinski definition) is 1. The standard InChI is InChI=1S/C11H18N2O/c1-2-5-13(10-7-12-8-10)9-11-4-3-6-14-11/h3-4,6,10,12H,2,5,7-9H2,1H3. The summed E-state index contributed by atoms with van der Waals surface area (Å²) in [4.78, 5) is 2.50. The SMILES string of the molecule is CCCN(Cc1ccco1)C1CNC1. The molecule has 1 aliphatic rings. The Morgan fingerprint density at radius 3 is 2.93 bits per heavy atom. The van der Waals surface area contributed by atoms with Crippen LogP contribution >= 0.6 is 0 Å². The lowest BCUT2D eigenvalue weighted by Gasteiger charge is -2.37. The van der Waals surface area contributed by atoms with Crippen LogP contribution in [0, 0.1) is 0 Å². The highest BCUT2D eigenvalue weighted by molar-refractivity contribution is 4.99. The second kappa shape index (κ2) is 4.62. The van der Waals surface area contributed by atoms with Crippen molar-refractivity contribution in [2.45, 2.75) is 25.9 Å². The van der Waals surface area contributed by atoms with Gasteiger partial charge in [-0.15, -0.1) is 0 Å². The minimum absolute atomic E-state index is 0.708. The van der Waals surface area contributed by atoms with Gasteiger partial charge in [-0.1, -0.05) is 6.92 Å². The number of nitrogens with one attached hydrogen (secondary N) is 1. The molecule has 78 valence electrons. The lowest BCUT2D eigenvalue weighted by Crippen LogP contribution is -2.56. The zero-order valence-electron chi connectivity index (χ0n) is 8.70. The predicted molar refractivity (Wildman–Crippen MR) is 56.1 cm³/mol. The van der Waals surface area contributed by atoms with Gasteiger partial charge in [-0.25, -0.2) is 0 Å². The van der Waals surface area contributed by atoms with Crippen molar-refractivity contribution in [2.24, 2.45) is 0 Å². The van der Waals surface area contributed by atoms with Crippen LogP contribution in [0.15, 0.2) is 22.8 Å². The first-order chi connectivity index (χ1) is 6.90. The van der Waals surface area contributed by atoms with E-state index in [-0.39, 0.29) is 0 Å². The maximum absolute atomic E-state index is 5.37. The Bertz CT molecular complexity index is 254. The summed E-state index contributed by atoms with van der Waals surface area (Å²) in [6.07, 6.45) is 2.95. The van der Waals surface area contributed by atoms with Crippen molar-refractivity contribution in [3.63, 3.8) is 0 Å². The van der Waals surface area contributed by atoms with Gasteiger partial charge in [0, 0.05) is 19.1 Å². The average Bonchev–Trinajstić information content (AvgIpc) is 2.54. The molecule has 2 rings (SSSR count). The van der Waals surface area contributed by atoms with Gasteiger partial charge in [0.2, 0.25) is 0 Å². The zero-order chi connectivity index (χ0) is 9.80. The van der Waals surface area contributed by atoms with Gasteiger partial charge in [-0.3, -0.25) is 4.90 Å². The van der Waals surface area contributed by atoms with Crippen LogP contribution in [-0.4, -0.2) is 30.6 Å². The molecule has 0 aromatic carbocycles. The van der Waals surface area contributed by atoms with Crippen molar-refractivity contribution in [1.82, 2.24) is 10.2 Å². The first-order valence-electron chi connectivity index (χ1n) is 5.37. The molecule has 14 heavy (non-hydrogen) atoms. The molecule has 0 unspecified atom stereocenters. The van der Waals surface area contributed by atoms with E-state index in [9.17, 15) is 0 Å². The lowest BCUT2D eigenvalue weighted by atomic mass is 10.1. The summed E-state index contributed by atoms with van der Waals surface area (Å²) in [6, 6.07) is 4.72. The van der Waals surface area contributed by atoms with E-state index in [0.29, 0.717) is 6.04 Å². The van der Waals surface area contributed by atoms with Gasteiger partial charge in [0.15, 0.2) is 0 Å². The summed E-state index contributed by atoms with van der Waals surface area (Å²) in [5, 5.41) is 3.31. The summed E-state index contributed by atoms with van der Waals surface area (Å²) in [5.74, 6) is 1.07. The van der Waals surface area contributed by atoms with Crippen LogP contribution in [0.25, 0.3) is 0 Å². The normalized spacial score (nSPS) is 17.3. The second-order valence-electron chi connectivity index (χ2n) is 3.86. The highest BCUT2D eigenvalue weighted by Crippen LogP contribution is 2.12. The largest absolute Gasteiger partial charge is 0.468 e. The molecule has 0 amide bonds. The summed E-state index contributed by atoms with van der Waals surface area (Å²) in [7, 11) is 0. The number of furan rings is 1. The minimum Gasteiger partial charge on any atom is -0.468 e. The van der Waals surface area contributed by atoms with Crippen molar-refractivity contribution in [3.8, 4) is 0 Å². The van der Waals surface area contributed by atoms with E-state index in [1.54, 1.807) is 6.26 Å². The van der Waals surface area contributed by atoms with Crippen molar-refractivity contribution in [3.05, 3.63) is 24.2 Å². The van der Waals surface area contributed by atoms with Gasteiger partial charge in [0.1, 0.15) is 5.76 Å². The molecule has 1 saturated heterocycles. The molecule has 0 aliphatic carbocycles. The van der Waals surface area contributed by atoms with Gasteiger partial charge < -0.3 is 9.73 Å². The van der Waals surface area contributed by atoms with Crippen molar-refractivity contribution in [1.29, 1.82) is 0 Å². The molecule has 1 fully saturated rings. The fraction of sp³-hybridized carbons (Fsp3) is 0.636. The first-order valence-corrected chi connectivity index (χ1v) is 5.37. The van der Waals surface area contributed by atoms with Crippen LogP contribution in [0.4, 0.5) is 0 Å². The van der Waals surface area contributed by atoms with Crippen LogP contribution in [-0.2, 0) is 6.54 Å². The molecule has 0 spiro atoms. The summed E-state index contributed by atoms with van der Waals surface area (Å²) < 4.78 is 5.37. The molecule has 0 atom stereocenters. The Balaban J connectivity index is 1.89. The van der Waals surface area contributed by atoms with Gasteiger partial charge in [0.25, 0.3) is 0 Å². The van der Waals surface area contributed by atoms with Crippen LogP contribution in [0.2, 0.25) is 0 Å². The second-order valence-corrected chi connectivity index (χ2v) is 3.86. The van der Waals surface area contributed by atoms with Crippen LogP contribution in [0.5, 0.6) is 0 Å². The summed E-state index contributed by atoms with van der Waals surface area (Å²) >= 11 is 0. The highest BCUT2D eigenvalue weighted by atomic mass is 16.3. The molecule has 3 nitrogen and oxygen atoms in total. The molecule has 0 radical (unpaired) electrons. The number of rotatable bonds is 5. The molecule has 0 bridgehead atoms. The van der Waals surface area contributed by atoms with E-state index >= 15 is 0 Å². The first kappa shape index (κ1) is 9.74.